The fourth-order valence-electron chi connectivity index (χ4n) is 8.00. The Bertz CT molecular complexity index is 2690. The third-order valence-electron chi connectivity index (χ3n) is 11.2. The van der Waals surface area contributed by atoms with Gasteiger partial charge in [-0.1, -0.05) is 41.7 Å². The van der Waals surface area contributed by atoms with Crippen LogP contribution in [0, 0.1) is 0 Å². The maximum absolute atomic E-state index is 13.5. The number of thiazole rings is 2. The van der Waals surface area contributed by atoms with Crippen molar-refractivity contribution in [3.05, 3.63) is 111 Å². The van der Waals surface area contributed by atoms with Crippen LogP contribution in [0.5, 0.6) is 0 Å². The number of carboxylic acids is 1. The Hall–Kier alpha value is -6.78. The van der Waals surface area contributed by atoms with E-state index in [0.29, 0.717) is 111 Å². The number of nitrogens with two attached hydrogens (primary N) is 1. The van der Waals surface area contributed by atoms with Gasteiger partial charge in [-0.3, -0.25) is 39.5 Å². The summed E-state index contributed by atoms with van der Waals surface area (Å²) in [6.45, 7) is 3.73. The average Bonchev–Trinajstić information content (AvgIpc) is 4.01. The van der Waals surface area contributed by atoms with Crippen LogP contribution < -0.4 is 31.9 Å². The molecule has 5 heterocycles. The number of hydrogen-bond acceptors (Lipinski definition) is 17. The van der Waals surface area contributed by atoms with Crippen molar-refractivity contribution >= 4 is 84.3 Å². The molecule has 1 unspecified atom stereocenters. The van der Waals surface area contributed by atoms with Crippen molar-refractivity contribution < 1.29 is 48.1 Å². The van der Waals surface area contributed by atoms with Gasteiger partial charge in [-0.05, 0) is 67.1 Å². The molecule has 3 aliphatic rings. The summed E-state index contributed by atoms with van der Waals surface area (Å²) in [5.74, 6) is -3.56. The zero-order valence-electron chi connectivity index (χ0n) is 36.3. The van der Waals surface area contributed by atoms with Gasteiger partial charge >= 0.3 is 5.97 Å². The molecular formula is C46H49N9O10S2. The first-order chi connectivity index (χ1) is 32.5. The van der Waals surface area contributed by atoms with Crippen molar-refractivity contribution in [3.63, 3.8) is 0 Å². The first kappa shape index (κ1) is 46.7. The van der Waals surface area contributed by atoms with Crippen LogP contribution >= 0.6 is 22.7 Å². The van der Waals surface area contributed by atoms with Gasteiger partial charge in [-0.15, -0.1) is 11.3 Å². The monoisotopic (exact) mass is 951 g/mol. The van der Waals surface area contributed by atoms with Crippen molar-refractivity contribution in [1.29, 1.82) is 0 Å². The van der Waals surface area contributed by atoms with E-state index in [2.05, 4.69) is 31.2 Å². The lowest BCUT2D eigenvalue weighted by molar-refractivity contribution is -0.136. The quantitative estimate of drug-likeness (QED) is 0.0421. The lowest BCUT2D eigenvalue weighted by atomic mass is 9.94. The molecule has 5 aromatic rings. The van der Waals surface area contributed by atoms with Gasteiger partial charge in [0.05, 0.1) is 66.7 Å². The first-order valence-corrected chi connectivity index (χ1v) is 23.4. The molecule has 0 bridgehead atoms. The molecule has 3 aromatic carbocycles. The Labute approximate surface area is 392 Å². The smallest absolute Gasteiger partial charge is 0.355 e. The molecule has 0 radical (unpaired) electrons. The van der Waals surface area contributed by atoms with Crippen molar-refractivity contribution in [3.8, 4) is 0 Å². The van der Waals surface area contributed by atoms with Gasteiger partial charge in [-0.2, -0.15) is 0 Å². The summed E-state index contributed by atoms with van der Waals surface area (Å²) in [6.07, 6.45) is 3.62. The van der Waals surface area contributed by atoms with Gasteiger partial charge < -0.3 is 40.6 Å². The molecule has 5 amide bonds. The van der Waals surface area contributed by atoms with Gasteiger partial charge in [0.25, 0.3) is 17.7 Å². The summed E-state index contributed by atoms with van der Waals surface area (Å²) in [6, 6.07) is 17.3. The van der Waals surface area contributed by atoms with E-state index in [4.69, 9.17) is 19.9 Å². The van der Waals surface area contributed by atoms with Crippen molar-refractivity contribution in [2.24, 2.45) is 5.73 Å². The van der Waals surface area contributed by atoms with Crippen molar-refractivity contribution in [1.82, 2.24) is 25.5 Å². The lowest BCUT2D eigenvalue weighted by Gasteiger charge is -2.29. The Morgan fingerprint density at radius 1 is 0.896 bits per heavy atom. The van der Waals surface area contributed by atoms with E-state index in [9.17, 15) is 33.9 Å². The average molecular weight is 952 g/mol. The number of anilines is 3. The van der Waals surface area contributed by atoms with E-state index in [1.54, 1.807) is 24.4 Å². The number of aryl methyl sites for hydroxylation is 1. The number of hydrogen-bond donors (Lipinski definition) is 6. The Kier molecular flexibility index (Phi) is 15.1. The van der Waals surface area contributed by atoms with E-state index < -0.39 is 35.6 Å². The molecule has 67 heavy (non-hydrogen) atoms. The number of aromatic nitrogens is 2. The maximum Gasteiger partial charge on any atom is 0.355 e. The molecule has 0 saturated carbocycles. The summed E-state index contributed by atoms with van der Waals surface area (Å²) in [5, 5.41) is 22.6. The van der Waals surface area contributed by atoms with Gasteiger partial charge in [0.15, 0.2) is 16.0 Å². The van der Waals surface area contributed by atoms with E-state index in [-0.39, 0.29) is 42.2 Å². The van der Waals surface area contributed by atoms with E-state index >= 15 is 0 Å². The minimum atomic E-state index is -1.08. The van der Waals surface area contributed by atoms with Crippen LogP contribution in [0.3, 0.4) is 0 Å². The second-order valence-electron chi connectivity index (χ2n) is 15.8. The van der Waals surface area contributed by atoms with Crippen LogP contribution in [-0.4, -0.2) is 121 Å². The van der Waals surface area contributed by atoms with E-state index in [0.717, 1.165) is 26.2 Å². The van der Waals surface area contributed by atoms with Crippen LogP contribution in [0.4, 0.5) is 16.0 Å². The van der Waals surface area contributed by atoms with Crippen LogP contribution in [0.2, 0.25) is 0 Å². The molecule has 0 aliphatic carbocycles. The number of benzene rings is 3. The van der Waals surface area contributed by atoms with Crippen molar-refractivity contribution in [2.45, 2.75) is 44.7 Å². The minimum absolute atomic E-state index is 0.0361. The highest BCUT2D eigenvalue weighted by molar-refractivity contribution is 7.22. The molecular weight excluding hydrogens is 903 g/mol. The van der Waals surface area contributed by atoms with Crippen LogP contribution in [-0.2, 0) is 43.2 Å². The minimum Gasteiger partial charge on any atom is -0.476 e. The predicted octanol–water partition coefficient (Wildman–Crippen LogP) is 4.15. The van der Waals surface area contributed by atoms with Crippen molar-refractivity contribution in [2.75, 3.05) is 74.8 Å². The number of para-hydroxylation sites is 1. The largest absolute Gasteiger partial charge is 0.476 e. The summed E-state index contributed by atoms with van der Waals surface area (Å²) in [4.78, 5) is 88.7. The highest BCUT2D eigenvalue weighted by Gasteiger charge is 2.45. The number of carboxylic acid groups (broad SMARTS) is 1. The number of rotatable bonds is 22. The van der Waals surface area contributed by atoms with E-state index in [1.165, 1.54) is 28.7 Å². The lowest BCUT2D eigenvalue weighted by Crippen LogP contribution is -2.54. The standard InChI is InChI=1S/C46H49N9O10S2/c47-28(26-65-23-22-64-21-20-63-19-17-49-33-10-4-8-30-38(33)43(60)55(42(30)59)34-13-14-37(56)51-41(34)58)24-48-16-5-12-36-39(44(61)62)52-46(67-36)54-18-15-27-6-3-7-29(31(27)25-54)40(57)53-45-50-32-9-1-2-11-35(32)66-45/h1-4,6-11,24,34,48-49H,5,12-23,25-26,47H2,(H,61,62)(H,50,53,57)(H,51,56,58)/b28-24-. The fraction of sp³-hybridized carbons (Fsp3) is 0.348. The Morgan fingerprint density at radius 3 is 2.49 bits per heavy atom. The van der Waals surface area contributed by atoms with Gasteiger partial charge in [0.2, 0.25) is 11.8 Å². The first-order valence-electron chi connectivity index (χ1n) is 21.8. The maximum atomic E-state index is 13.5. The number of nitrogens with zero attached hydrogens (tertiary/aromatic N) is 4. The summed E-state index contributed by atoms with van der Waals surface area (Å²) in [7, 11) is 0. The number of carbonyl (C=O) groups excluding carboxylic acids is 5. The summed E-state index contributed by atoms with van der Waals surface area (Å²) < 4.78 is 17.8. The molecule has 2 aromatic heterocycles. The molecule has 1 fully saturated rings. The Morgan fingerprint density at radius 2 is 1.69 bits per heavy atom. The van der Waals surface area contributed by atoms with Crippen LogP contribution in [0.25, 0.3) is 10.2 Å². The number of ether oxygens (including phenoxy) is 3. The molecule has 350 valence electrons. The zero-order chi connectivity index (χ0) is 46.9. The number of fused-ring (bicyclic) bond motifs is 3. The second kappa shape index (κ2) is 21.7. The number of imide groups is 2. The molecule has 1 saturated heterocycles. The number of amides is 5. The normalized spacial score (nSPS) is 16.0. The summed E-state index contributed by atoms with van der Waals surface area (Å²) in [5.41, 5.74) is 10.8. The number of carbonyl (C=O) groups is 6. The highest BCUT2D eigenvalue weighted by Crippen LogP contribution is 2.35. The third-order valence-corrected chi connectivity index (χ3v) is 13.4. The number of piperidine rings is 1. The van der Waals surface area contributed by atoms with E-state index in [1.807, 2.05) is 41.3 Å². The molecule has 8 rings (SSSR count). The Balaban J connectivity index is 0.697. The molecule has 3 aliphatic heterocycles. The summed E-state index contributed by atoms with van der Waals surface area (Å²) >= 11 is 2.78. The second-order valence-corrected chi connectivity index (χ2v) is 17.9. The molecule has 21 heteroatoms. The molecule has 7 N–H and O–H groups in total. The number of aromatic carboxylic acids is 1. The molecule has 0 spiro atoms. The predicted molar refractivity (Wildman–Crippen MR) is 250 cm³/mol. The van der Waals surface area contributed by atoms with Gasteiger partial charge in [0.1, 0.15) is 6.04 Å². The number of nitrogens with one attached hydrogen (secondary N) is 4. The van der Waals surface area contributed by atoms with Gasteiger partial charge in [0, 0.05) is 54.9 Å². The topological polar surface area (TPSA) is 257 Å². The van der Waals surface area contributed by atoms with Gasteiger partial charge in [-0.25, -0.2) is 14.8 Å². The highest BCUT2D eigenvalue weighted by atomic mass is 32.1. The van der Waals surface area contributed by atoms with Crippen LogP contribution in [0.1, 0.15) is 76.8 Å². The third kappa shape index (κ3) is 11.1. The SMILES string of the molecule is N/C(=C\NCCCc1sc(N2CCc3cccc(C(=O)Nc4nc5ccccc5s4)c3C2)nc1C(=O)O)COCCOCCOCCNc1cccc2c1C(=O)N(C1CCC(=O)NC1=O)C2=O. The molecule has 1 atom stereocenters. The van der Waals surface area contributed by atoms with Crippen LogP contribution in [0.15, 0.2) is 72.6 Å². The zero-order valence-corrected chi connectivity index (χ0v) is 38.0. The molecule has 19 nitrogen and oxygen atoms in total. The fourth-order valence-corrected chi connectivity index (χ4v) is 9.98.